The van der Waals surface area contributed by atoms with Crippen LogP contribution in [-0.4, -0.2) is 35.9 Å². The summed E-state index contributed by atoms with van der Waals surface area (Å²) in [5, 5.41) is 3.72. The van der Waals surface area contributed by atoms with Gasteiger partial charge in [0.15, 0.2) is 5.71 Å². The molecule has 2 aromatic rings. The lowest BCUT2D eigenvalue weighted by atomic mass is 10.1. The number of rotatable bonds is 7. The SMILES string of the molecule is CON=C(C(=O)OC)C1=C(Oc2ncnc(Oc3ccccc3)c2F)CCC1. The van der Waals surface area contributed by atoms with E-state index in [0.29, 0.717) is 36.3 Å². The van der Waals surface area contributed by atoms with Gasteiger partial charge in [-0.25, -0.2) is 4.79 Å². The van der Waals surface area contributed by atoms with E-state index in [4.69, 9.17) is 19.0 Å². The Hall–Kier alpha value is -3.49. The minimum Gasteiger partial charge on any atom is -0.464 e. The number of carbonyl (C=O) groups is 1. The van der Waals surface area contributed by atoms with E-state index in [9.17, 15) is 9.18 Å². The molecule has 0 radical (unpaired) electrons. The molecule has 0 amide bonds. The van der Waals surface area contributed by atoms with E-state index < -0.39 is 11.8 Å². The lowest BCUT2D eigenvalue weighted by Crippen LogP contribution is -2.19. The minimum atomic E-state index is -0.853. The average molecular weight is 387 g/mol. The minimum absolute atomic E-state index is 0.0206. The van der Waals surface area contributed by atoms with Crippen molar-refractivity contribution in [2.24, 2.45) is 5.16 Å². The number of carbonyl (C=O) groups excluding carboxylic acids is 1. The first-order valence-electron chi connectivity index (χ1n) is 8.47. The zero-order valence-corrected chi connectivity index (χ0v) is 15.3. The first kappa shape index (κ1) is 19.3. The molecule has 0 bridgehead atoms. The van der Waals surface area contributed by atoms with Gasteiger partial charge in [-0.15, -0.1) is 0 Å². The maximum absolute atomic E-state index is 14.8. The predicted octanol–water partition coefficient (Wildman–Crippen LogP) is 3.40. The number of nitrogens with zero attached hydrogens (tertiary/aromatic N) is 3. The highest BCUT2D eigenvalue weighted by Gasteiger charge is 2.28. The molecule has 1 aliphatic carbocycles. The Kier molecular flexibility index (Phi) is 6.15. The van der Waals surface area contributed by atoms with Gasteiger partial charge in [0.2, 0.25) is 5.82 Å². The highest BCUT2D eigenvalue weighted by atomic mass is 19.1. The van der Waals surface area contributed by atoms with Gasteiger partial charge in [0.25, 0.3) is 11.8 Å². The third kappa shape index (κ3) is 4.25. The highest BCUT2D eigenvalue weighted by molar-refractivity contribution is 6.43. The number of benzene rings is 1. The Bertz CT molecular complexity index is 915. The molecule has 0 unspecified atom stereocenters. The van der Waals surface area contributed by atoms with Gasteiger partial charge < -0.3 is 19.0 Å². The van der Waals surface area contributed by atoms with Crippen LogP contribution in [0.1, 0.15) is 19.3 Å². The maximum Gasteiger partial charge on any atom is 0.360 e. The molecule has 0 saturated carbocycles. The quantitative estimate of drug-likeness (QED) is 0.408. The second-order valence-corrected chi connectivity index (χ2v) is 5.68. The second-order valence-electron chi connectivity index (χ2n) is 5.68. The van der Waals surface area contributed by atoms with Crippen LogP contribution in [0.3, 0.4) is 0 Å². The molecule has 1 aromatic heterocycles. The Morgan fingerprint density at radius 1 is 1.07 bits per heavy atom. The van der Waals surface area contributed by atoms with Gasteiger partial charge in [0, 0.05) is 12.0 Å². The van der Waals surface area contributed by atoms with E-state index in [0.717, 1.165) is 6.33 Å². The number of halogens is 1. The van der Waals surface area contributed by atoms with E-state index >= 15 is 0 Å². The lowest BCUT2D eigenvalue weighted by Gasteiger charge is -2.11. The van der Waals surface area contributed by atoms with Gasteiger partial charge in [-0.2, -0.15) is 14.4 Å². The van der Waals surface area contributed by atoms with E-state index in [1.807, 2.05) is 6.07 Å². The zero-order chi connectivity index (χ0) is 19.9. The van der Waals surface area contributed by atoms with E-state index in [1.54, 1.807) is 24.3 Å². The molecule has 8 nitrogen and oxygen atoms in total. The monoisotopic (exact) mass is 387 g/mol. The van der Waals surface area contributed by atoms with Crippen molar-refractivity contribution >= 4 is 11.7 Å². The van der Waals surface area contributed by atoms with Crippen LogP contribution >= 0.6 is 0 Å². The summed E-state index contributed by atoms with van der Waals surface area (Å²) < 4.78 is 30.6. The number of methoxy groups -OCH3 is 1. The van der Waals surface area contributed by atoms with Crippen molar-refractivity contribution in [3.05, 3.63) is 53.8 Å². The molecule has 3 rings (SSSR count). The standard InChI is InChI=1S/C19H18FN3O5/c1-25-19(24)16(23-26-2)13-9-6-10-14(13)28-18-15(20)17(21-11-22-18)27-12-7-4-3-5-8-12/h3-5,7-8,11H,6,9-10H2,1-2H3. The van der Waals surface area contributed by atoms with Crippen molar-refractivity contribution < 1.29 is 28.2 Å². The number of hydrogen-bond donors (Lipinski definition) is 0. The fourth-order valence-corrected chi connectivity index (χ4v) is 2.68. The van der Waals surface area contributed by atoms with Crippen LogP contribution in [0.4, 0.5) is 4.39 Å². The van der Waals surface area contributed by atoms with E-state index in [2.05, 4.69) is 15.1 Å². The first-order chi connectivity index (χ1) is 13.6. The molecule has 0 atom stereocenters. The Balaban J connectivity index is 1.89. The number of para-hydroxylation sites is 1. The van der Waals surface area contributed by atoms with Gasteiger partial charge in [-0.3, -0.25) is 0 Å². The number of aromatic nitrogens is 2. The van der Waals surface area contributed by atoms with Gasteiger partial charge in [-0.1, -0.05) is 23.4 Å². The summed E-state index contributed by atoms with van der Waals surface area (Å²) in [6.45, 7) is 0. The van der Waals surface area contributed by atoms with Crippen LogP contribution in [0, 0.1) is 5.82 Å². The fraction of sp³-hybridized carbons (Fsp3) is 0.263. The van der Waals surface area contributed by atoms with Crippen LogP contribution in [0.15, 0.2) is 53.1 Å². The zero-order valence-electron chi connectivity index (χ0n) is 15.3. The number of hydrogen-bond acceptors (Lipinski definition) is 8. The first-order valence-corrected chi connectivity index (χ1v) is 8.47. The molecule has 0 N–H and O–H groups in total. The third-order valence-corrected chi connectivity index (χ3v) is 3.92. The van der Waals surface area contributed by atoms with Gasteiger partial charge in [-0.05, 0) is 25.0 Å². The number of ether oxygens (including phenoxy) is 3. The lowest BCUT2D eigenvalue weighted by molar-refractivity contribution is -0.132. The van der Waals surface area contributed by atoms with Crippen molar-refractivity contribution in [3.63, 3.8) is 0 Å². The molecule has 28 heavy (non-hydrogen) atoms. The molecule has 0 spiro atoms. The summed E-state index contributed by atoms with van der Waals surface area (Å²) in [6.07, 6.45) is 2.82. The van der Waals surface area contributed by atoms with Crippen molar-refractivity contribution in [3.8, 4) is 17.5 Å². The van der Waals surface area contributed by atoms with Crippen LogP contribution in [0.2, 0.25) is 0 Å². The highest BCUT2D eigenvalue weighted by Crippen LogP contribution is 2.32. The molecular weight excluding hydrogens is 369 g/mol. The Labute approximate surface area is 160 Å². The van der Waals surface area contributed by atoms with Crippen molar-refractivity contribution in [1.82, 2.24) is 9.97 Å². The molecule has 0 fully saturated rings. The molecular formula is C19H18FN3O5. The van der Waals surface area contributed by atoms with E-state index in [-0.39, 0.29) is 17.5 Å². The fourth-order valence-electron chi connectivity index (χ4n) is 2.68. The molecule has 9 heteroatoms. The summed E-state index contributed by atoms with van der Waals surface area (Å²) in [6, 6.07) is 8.66. The molecule has 0 aliphatic heterocycles. The summed E-state index contributed by atoms with van der Waals surface area (Å²) in [5.74, 6) is -1.31. The maximum atomic E-state index is 14.8. The molecule has 1 aliphatic rings. The number of oxime groups is 1. The summed E-state index contributed by atoms with van der Waals surface area (Å²) in [4.78, 5) is 24.3. The smallest absolute Gasteiger partial charge is 0.360 e. The number of allylic oxidation sites excluding steroid dienone is 1. The van der Waals surface area contributed by atoms with Crippen molar-refractivity contribution in [1.29, 1.82) is 0 Å². The van der Waals surface area contributed by atoms with Crippen molar-refractivity contribution in [2.75, 3.05) is 14.2 Å². The summed E-state index contributed by atoms with van der Waals surface area (Å²) in [5.41, 5.74) is 0.463. The normalized spacial score (nSPS) is 14.0. The second kappa shape index (κ2) is 8.94. The third-order valence-electron chi connectivity index (χ3n) is 3.92. The van der Waals surface area contributed by atoms with Gasteiger partial charge >= 0.3 is 5.97 Å². The molecule has 146 valence electrons. The Morgan fingerprint density at radius 3 is 2.46 bits per heavy atom. The van der Waals surface area contributed by atoms with E-state index in [1.165, 1.54) is 14.2 Å². The van der Waals surface area contributed by atoms with Crippen LogP contribution < -0.4 is 9.47 Å². The van der Waals surface area contributed by atoms with Gasteiger partial charge in [0.05, 0.1) is 7.11 Å². The van der Waals surface area contributed by atoms with Crippen molar-refractivity contribution in [2.45, 2.75) is 19.3 Å². The topological polar surface area (TPSA) is 92.1 Å². The largest absolute Gasteiger partial charge is 0.464 e. The Morgan fingerprint density at radius 2 is 1.79 bits per heavy atom. The molecule has 0 saturated heterocycles. The van der Waals surface area contributed by atoms with Crippen LogP contribution in [0.5, 0.6) is 17.5 Å². The summed E-state index contributed by atoms with van der Waals surface area (Å²) in [7, 11) is 2.55. The predicted molar refractivity (Wildman–Crippen MR) is 96.5 cm³/mol. The number of esters is 1. The van der Waals surface area contributed by atoms with Gasteiger partial charge in [0.1, 0.15) is 24.9 Å². The van der Waals surface area contributed by atoms with Crippen LogP contribution in [-0.2, 0) is 14.4 Å². The summed E-state index contributed by atoms with van der Waals surface area (Å²) >= 11 is 0. The molecule has 1 aromatic carbocycles. The average Bonchev–Trinajstić information content (AvgIpc) is 3.17. The van der Waals surface area contributed by atoms with Crippen LogP contribution in [0.25, 0.3) is 0 Å². The molecule has 1 heterocycles.